The van der Waals surface area contributed by atoms with E-state index in [1.165, 1.54) is 154 Å². The fraction of sp³-hybridized carbons (Fsp3) is 0.887. The number of allylic oxidation sites excluding steroid dienone is 4. The Kier molecular flexibility index (Phi) is 46.7. The normalized spacial score (nSPS) is 11.9. The Bertz CT molecular complexity index is 936. The van der Waals surface area contributed by atoms with Gasteiger partial charge in [-0.25, -0.2) is 4.79 Å². The molecular weight excluding hydrogens is 743 g/mol. The van der Waals surface area contributed by atoms with Gasteiger partial charge in [-0.3, -0.25) is 9.69 Å². The second kappa shape index (κ2) is 48.2. The molecule has 0 saturated carbocycles. The van der Waals surface area contributed by atoms with Gasteiger partial charge < -0.3 is 19.7 Å². The molecule has 0 aromatic heterocycles. The molecule has 0 aliphatic carbocycles. The highest BCUT2D eigenvalue weighted by Gasteiger charge is 2.15. The van der Waals surface area contributed by atoms with E-state index >= 15 is 0 Å². The number of hydrogen-bond donors (Lipinski definition) is 1. The first kappa shape index (κ1) is 58.1. The Morgan fingerprint density at radius 2 is 0.933 bits per heavy atom. The fourth-order valence-electron chi connectivity index (χ4n) is 7.96. The second-order valence-electron chi connectivity index (χ2n) is 17.6. The molecule has 354 valence electrons. The molecule has 1 amide bonds. The lowest BCUT2D eigenvalue weighted by Gasteiger charge is -2.22. The summed E-state index contributed by atoms with van der Waals surface area (Å²) in [5.41, 5.74) is 0. The minimum atomic E-state index is -0.294. The van der Waals surface area contributed by atoms with Gasteiger partial charge in [0, 0.05) is 19.5 Å². The van der Waals surface area contributed by atoms with E-state index in [1.54, 1.807) is 0 Å². The van der Waals surface area contributed by atoms with Gasteiger partial charge in [-0.2, -0.15) is 0 Å². The third-order valence-electron chi connectivity index (χ3n) is 12.0. The van der Waals surface area contributed by atoms with Crippen molar-refractivity contribution in [2.75, 3.05) is 52.4 Å². The fourth-order valence-corrected chi connectivity index (χ4v) is 7.96. The molecule has 0 radical (unpaired) electrons. The van der Waals surface area contributed by atoms with E-state index in [0.29, 0.717) is 19.6 Å². The Morgan fingerprint density at radius 1 is 0.483 bits per heavy atom. The number of nitrogens with zero attached hydrogens (tertiary/aromatic N) is 2. The van der Waals surface area contributed by atoms with Crippen molar-refractivity contribution < 1.29 is 19.1 Å². The van der Waals surface area contributed by atoms with Gasteiger partial charge in [0.05, 0.1) is 0 Å². The molecule has 0 aliphatic rings. The van der Waals surface area contributed by atoms with Gasteiger partial charge >= 0.3 is 12.1 Å². The molecule has 0 unspecified atom stereocenters. The van der Waals surface area contributed by atoms with Crippen molar-refractivity contribution in [1.82, 2.24) is 15.1 Å². The quantitative estimate of drug-likeness (QED) is 0.0374. The summed E-state index contributed by atoms with van der Waals surface area (Å²) in [5, 5.41) is 2.94. The van der Waals surface area contributed by atoms with E-state index in [9.17, 15) is 9.59 Å². The molecule has 0 aliphatic heterocycles. The zero-order valence-electron chi connectivity index (χ0n) is 40.9. The summed E-state index contributed by atoms with van der Waals surface area (Å²) in [4.78, 5) is 30.1. The molecular formula is C53H103N3O4. The molecule has 1 N–H and O–H groups in total. The number of rotatable bonds is 47. The first-order valence-corrected chi connectivity index (χ1v) is 26.3. The van der Waals surface area contributed by atoms with E-state index in [1.807, 2.05) is 0 Å². The summed E-state index contributed by atoms with van der Waals surface area (Å²) in [6, 6.07) is 0. The van der Waals surface area contributed by atoms with Crippen LogP contribution in [0, 0.1) is 0 Å². The van der Waals surface area contributed by atoms with Crippen molar-refractivity contribution >= 4 is 12.1 Å². The molecule has 0 rings (SSSR count). The summed E-state index contributed by atoms with van der Waals surface area (Å²) < 4.78 is 11.7. The molecule has 0 aromatic carbocycles. The minimum absolute atomic E-state index is 0.0179. The minimum Gasteiger partial charge on any atom is -0.462 e. The van der Waals surface area contributed by atoms with Crippen LogP contribution in [0.4, 0.5) is 4.79 Å². The van der Waals surface area contributed by atoms with E-state index in [4.69, 9.17) is 9.47 Å². The molecule has 0 aromatic rings. The Labute approximate surface area is 374 Å². The van der Waals surface area contributed by atoms with Crippen LogP contribution in [0.15, 0.2) is 24.3 Å². The summed E-state index contributed by atoms with van der Waals surface area (Å²) in [6.45, 7) is 18.2. The average molecular weight is 846 g/mol. The number of unbranched alkanes of at least 4 members (excludes halogenated alkanes) is 23. The molecule has 7 nitrogen and oxygen atoms in total. The van der Waals surface area contributed by atoms with Crippen LogP contribution in [-0.2, 0) is 14.3 Å². The molecule has 0 atom stereocenters. The van der Waals surface area contributed by atoms with Crippen molar-refractivity contribution in [3.63, 3.8) is 0 Å². The van der Waals surface area contributed by atoms with Crippen molar-refractivity contribution in [3.8, 4) is 0 Å². The monoisotopic (exact) mass is 846 g/mol. The maximum Gasteiger partial charge on any atom is 0.407 e. The molecule has 60 heavy (non-hydrogen) atoms. The maximum absolute atomic E-state index is 12.9. The summed E-state index contributed by atoms with van der Waals surface area (Å²) in [5.74, 6) is 0.0179. The predicted molar refractivity (Wildman–Crippen MR) is 261 cm³/mol. The molecule has 0 bridgehead atoms. The maximum atomic E-state index is 12.9. The van der Waals surface area contributed by atoms with Crippen molar-refractivity contribution in [2.24, 2.45) is 0 Å². The smallest absolute Gasteiger partial charge is 0.407 e. The van der Waals surface area contributed by atoms with Crippen LogP contribution in [0.2, 0.25) is 0 Å². The number of carbonyl (C=O) groups is 2. The van der Waals surface area contributed by atoms with E-state index in [0.717, 1.165) is 90.6 Å². The number of ether oxygens (including phenoxy) is 2. The van der Waals surface area contributed by atoms with Gasteiger partial charge in [0.2, 0.25) is 0 Å². The van der Waals surface area contributed by atoms with Gasteiger partial charge in [0.15, 0.2) is 0 Å². The number of alkyl carbamates (subject to hydrolysis) is 1. The molecule has 7 heteroatoms. The number of esters is 1. The van der Waals surface area contributed by atoms with Gasteiger partial charge in [0.25, 0.3) is 0 Å². The standard InChI is InChI=1S/C53H103N3O4/c1-6-11-14-17-20-21-22-23-24-25-26-27-28-29-34-39-46-56(49-50-59-53(58)54-45-41-48-55(9-4)10-5)47-40-35-30-33-38-44-52(57)60-51(42-36-31-18-15-12-7-2)43-37-32-19-16-13-8-3/h20-21,23-24,51H,6-19,22,25-50H2,1-5H3,(H,54,58)/b21-20-,24-23-. The summed E-state index contributed by atoms with van der Waals surface area (Å²) in [7, 11) is 0. The lowest BCUT2D eigenvalue weighted by molar-refractivity contribution is -0.150. The van der Waals surface area contributed by atoms with Crippen LogP contribution >= 0.6 is 0 Å². The van der Waals surface area contributed by atoms with E-state index < -0.39 is 0 Å². The SMILES string of the molecule is CCCCC/C=C\C/C=C\CCCCCCCCN(CCCCCCCC(=O)OC(CCCCCCCC)CCCCCCCC)CCOC(=O)NCCCN(CC)CC. The highest BCUT2D eigenvalue weighted by Crippen LogP contribution is 2.18. The number of nitrogens with one attached hydrogen (secondary N) is 1. The van der Waals surface area contributed by atoms with E-state index in [2.05, 4.69) is 74.0 Å². The van der Waals surface area contributed by atoms with Crippen LogP contribution in [0.5, 0.6) is 0 Å². The zero-order valence-corrected chi connectivity index (χ0v) is 40.9. The lowest BCUT2D eigenvalue weighted by atomic mass is 10.0. The number of hydrogen-bond acceptors (Lipinski definition) is 6. The van der Waals surface area contributed by atoms with Crippen LogP contribution in [0.25, 0.3) is 0 Å². The number of amides is 1. The topological polar surface area (TPSA) is 71.1 Å². The van der Waals surface area contributed by atoms with Crippen LogP contribution in [0.3, 0.4) is 0 Å². The van der Waals surface area contributed by atoms with Gasteiger partial charge in [-0.15, -0.1) is 0 Å². The average Bonchev–Trinajstić information content (AvgIpc) is 3.25. The van der Waals surface area contributed by atoms with Crippen LogP contribution < -0.4 is 5.32 Å². The van der Waals surface area contributed by atoms with Crippen LogP contribution in [-0.4, -0.2) is 80.4 Å². The third-order valence-corrected chi connectivity index (χ3v) is 12.0. The Morgan fingerprint density at radius 3 is 1.48 bits per heavy atom. The van der Waals surface area contributed by atoms with Gasteiger partial charge in [-0.05, 0) is 116 Å². The zero-order chi connectivity index (χ0) is 43.8. The van der Waals surface area contributed by atoms with Crippen molar-refractivity contribution in [1.29, 1.82) is 0 Å². The highest BCUT2D eigenvalue weighted by molar-refractivity contribution is 5.69. The summed E-state index contributed by atoms with van der Waals surface area (Å²) >= 11 is 0. The second-order valence-corrected chi connectivity index (χ2v) is 17.6. The van der Waals surface area contributed by atoms with E-state index in [-0.39, 0.29) is 18.2 Å². The third kappa shape index (κ3) is 42.8. The first-order valence-electron chi connectivity index (χ1n) is 26.3. The first-order chi connectivity index (χ1) is 29.5. The Hall–Kier alpha value is -1.86. The van der Waals surface area contributed by atoms with Gasteiger partial charge in [-0.1, -0.05) is 181 Å². The molecule has 0 heterocycles. The largest absolute Gasteiger partial charge is 0.462 e. The lowest BCUT2D eigenvalue weighted by Crippen LogP contribution is -2.33. The predicted octanol–water partition coefficient (Wildman–Crippen LogP) is 15.3. The Balaban J connectivity index is 4.53. The molecule has 0 saturated heterocycles. The molecule has 0 spiro atoms. The van der Waals surface area contributed by atoms with Crippen LogP contribution in [0.1, 0.15) is 247 Å². The number of carbonyl (C=O) groups excluding carboxylic acids is 2. The summed E-state index contributed by atoms with van der Waals surface area (Å²) in [6.07, 6.45) is 48.7. The molecule has 0 fully saturated rings. The van der Waals surface area contributed by atoms with Crippen molar-refractivity contribution in [2.45, 2.75) is 253 Å². The van der Waals surface area contributed by atoms with Crippen molar-refractivity contribution in [3.05, 3.63) is 24.3 Å². The highest BCUT2D eigenvalue weighted by atomic mass is 16.5. The van der Waals surface area contributed by atoms with Gasteiger partial charge in [0.1, 0.15) is 12.7 Å².